The second-order valence-corrected chi connectivity index (χ2v) is 3.72. The predicted molar refractivity (Wildman–Crippen MR) is 58.1 cm³/mol. The van der Waals surface area contributed by atoms with Gasteiger partial charge >= 0.3 is 6.18 Å². The van der Waals surface area contributed by atoms with Crippen LogP contribution in [0.5, 0.6) is 0 Å². The highest BCUT2D eigenvalue weighted by Crippen LogP contribution is 2.31. The lowest BCUT2D eigenvalue weighted by Crippen LogP contribution is -2.35. The van der Waals surface area contributed by atoms with E-state index in [1.807, 2.05) is 36.4 Å². The summed E-state index contributed by atoms with van der Waals surface area (Å²) in [5, 5.41) is 2.89. The molecule has 2 rings (SSSR count). The van der Waals surface area contributed by atoms with E-state index in [-0.39, 0.29) is 12.8 Å². The summed E-state index contributed by atoms with van der Waals surface area (Å²) >= 11 is 0. The highest BCUT2D eigenvalue weighted by atomic mass is 19.4. The van der Waals surface area contributed by atoms with Crippen LogP contribution in [-0.2, 0) is 0 Å². The first kappa shape index (κ1) is 13.0. The number of alkyl halides is 3. The van der Waals surface area contributed by atoms with Gasteiger partial charge in [-0.25, -0.2) is 0 Å². The zero-order valence-electron chi connectivity index (χ0n) is 9.00. The van der Waals surface area contributed by atoms with Gasteiger partial charge in [0.05, 0.1) is 5.92 Å². The van der Waals surface area contributed by atoms with Gasteiger partial charge in [0.15, 0.2) is 0 Å². The minimum Gasteiger partial charge on any atom is -0.317 e. The maximum atomic E-state index is 11.9. The average molecular weight is 231 g/mol. The van der Waals surface area contributed by atoms with E-state index in [0.29, 0.717) is 13.1 Å². The van der Waals surface area contributed by atoms with Gasteiger partial charge < -0.3 is 5.32 Å². The summed E-state index contributed by atoms with van der Waals surface area (Å²) in [6, 6.07) is 12.0. The van der Waals surface area contributed by atoms with Crippen molar-refractivity contribution >= 4 is 0 Å². The molecule has 0 saturated carbocycles. The Bertz CT molecular complexity index is 239. The Hall–Kier alpha value is -1.03. The minimum absolute atomic E-state index is 0.240. The van der Waals surface area contributed by atoms with Crippen LogP contribution in [0.4, 0.5) is 13.2 Å². The predicted octanol–water partition coefficient (Wildman–Crippen LogP) is 3.23. The lowest BCUT2D eigenvalue weighted by molar-refractivity contribution is -0.180. The lowest BCUT2D eigenvalue weighted by atomic mass is 9.98. The van der Waals surface area contributed by atoms with Crippen LogP contribution in [0.3, 0.4) is 0 Å². The molecule has 1 aromatic rings. The van der Waals surface area contributed by atoms with Crippen LogP contribution >= 0.6 is 0 Å². The van der Waals surface area contributed by atoms with Crippen molar-refractivity contribution in [3.63, 3.8) is 0 Å². The largest absolute Gasteiger partial charge is 0.391 e. The zero-order valence-corrected chi connectivity index (χ0v) is 9.00. The SMILES string of the molecule is FC(F)(F)C1CCNCC1.c1ccccc1. The van der Waals surface area contributed by atoms with Gasteiger partial charge in [0, 0.05) is 0 Å². The third-order valence-electron chi connectivity index (χ3n) is 2.47. The van der Waals surface area contributed by atoms with E-state index in [4.69, 9.17) is 0 Å². The molecule has 1 aromatic carbocycles. The second-order valence-electron chi connectivity index (χ2n) is 3.72. The molecule has 90 valence electrons. The summed E-state index contributed by atoms with van der Waals surface area (Å²) in [6.45, 7) is 1.01. The molecule has 0 radical (unpaired) electrons. The molecular formula is C12H16F3N. The molecule has 1 nitrogen and oxygen atoms in total. The van der Waals surface area contributed by atoms with E-state index in [1.54, 1.807) is 0 Å². The maximum Gasteiger partial charge on any atom is 0.391 e. The third kappa shape index (κ3) is 5.16. The summed E-state index contributed by atoms with van der Waals surface area (Å²) in [6.07, 6.45) is -3.49. The Kier molecular flexibility index (Phi) is 5.32. The van der Waals surface area contributed by atoms with Crippen molar-refractivity contribution in [2.24, 2.45) is 5.92 Å². The van der Waals surface area contributed by atoms with Crippen LogP contribution in [0, 0.1) is 5.92 Å². The molecule has 0 spiro atoms. The van der Waals surface area contributed by atoms with Crippen molar-refractivity contribution in [3.8, 4) is 0 Å². The zero-order chi connectivity index (χ0) is 11.9. The molecule has 0 unspecified atom stereocenters. The number of nitrogens with one attached hydrogen (secondary N) is 1. The number of hydrogen-bond donors (Lipinski definition) is 1. The highest BCUT2D eigenvalue weighted by molar-refractivity contribution is 4.99. The lowest BCUT2D eigenvalue weighted by Gasteiger charge is -2.24. The van der Waals surface area contributed by atoms with Gasteiger partial charge in [-0.05, 0) is 25.9 Å². The molecular weight excluding hydrogens is 215 g/mol. The van der Waals surface area contributed by atoms with Crippen LogP contribution in [0.25, 0.3) is 0 Å². The second kappa shape index (κ2) is 6.53. The fourth-order valence-corrected chi connectivity index (χ4v) is 1.53. The van der Waals surface area contributed by atoms with E-state index >= 15 is 0 Å². The number of hydrogen-bond acceptors (Lipinski definition) is 1. The van der Waals surface area contributed by atoms with Gasteiger partial charge in [0.2, 0.25) is 0 Å². The number of halogens is 3. The van der Waals surface area contributed by atoms with Gasteiger partial charge in [-0.1, -0.05) is 36.4 Å². The van der Waals surface area contributed by atoms with Gasteiger partial charge in [0.25, 0.3) is 0 Å². The first-order valence-electron chi connectivity index (χ1n) is 5.38. The van der Waals surface area contributed by atoms with Crippen LogP contribution < -0.4 is 5.32 Å². The highest BCUT2D eigenvalue weighted by Gasteiger charge is 2.39. The molecule has 0 amide bonds. The standard InChI is InChI=1S/C6H10F3N.C6H6/c7-6(8,9)5-1-3-10-4-2-5;1-2-4-6-5-3-1/h5,10H,1-4H2;1-6H. The Morgan fingerprint density at radius 3 is 1.44 bits per heavy atom. The summed E-state index contributed by atoms with van der Waals surface area (Å²) in [5.41, 5.74) is 0. The molecule has 16 heavy (non-hydrogen) atoms. The molecule has 1 N–H and O–H groups in total. The van der Waals surface area contributed by atoms with Crippen molar-refractivity contribution in [2.45, 2.75) is 19.0 Å². The monoisotopic (exact) mass is 231 g/mol. The molecule has 1 aliphatic rings. The Labute approximate surface area is 93.7 Å². The van der Waals surface area contributed by atoms with Gasteiger partial charge in [0.1, 0.15) is 0 Å². The van der Waals surface area contributed by atoms with E-state index in [9.17, 15) is 13.2 Å². The van der Waals surface area contributed by atoms with Crippen LogP contribution in [0.2, 0.25) is 0 Å². The molecule has 0 bridgehead atoms. The van der Waals surface area contributed by atoms with E-state index in [0.717, 1.165) is 0 Å². The molecule has 1 aliphatic heterocycles. The summed E-state index contributed by atoms with van der Waals surface area (Å²) < 4.78 is 35.7. The topological polar surface area (TPSA) is 12.0 Å². The fraction of sp³-hybridized carbons (Fsp3) is 0.500. The van der Waals surface area contributed by atoms with Crippen molar-refractivity contribution in [3.05, 3.63) is 36.4 Å². The molecule has 4 heteroatoms. The van der Waals surface area contributed by atoms with Crippen molar-refractivity contribution < 1.29 is 13.2 Å². The molecule has 0 aromatic heterocycles. The fourth-order valence-electron chi connectivity index (χ4n) is 1.53. The summed E-state index contributed by atoms with van der Waals surface area (Å²) in [5.74, 6) is -1.06. The number of piperidine rings is 1. The molecule has 0 atom stereocenters. The van der Waals surface area contributed by atoms with E-state index < -0.39 is 12.1 Å². The molecule has 0 aliphatic carbocycles. The van der Waals surface area contributed by atoms with Crippen molar-refractivity contribution in [1.29, 1.82) is 0 Å². The van der Waals surface area contributed by atoms with Crippen LogP contribution in [-0.4, -0.2) is 19.3 Å². The average Bonchev–Trinajstić information content (AvgIpc) is 2.32. The Balaban J connectivity index is 0.000000181. The van der Waals surface area contributed by atoms with Gasteiger partial charge in [-0.15, -0.1) is 0 Å². The Morgan fingerprint density at radius 2 is 1.19 bits per heavy atom. The smallest absolute Gasteiger partial charge is 0.317 e. The first-order valence-corrected chi connectivity index (χ1v) is 5.38. The number of benzene rings is 1. The normalized spacial score (nSPS) is 17.4. The van der Waals surface area contributed by atoms with Crippen molar-refractivity contribution in [1.82, 2.24) is 5.32 Å². The van der Waals surface area contributed by atoms with Gasteiger partial charge in [-0.3, -0.25) is 0 Å². The third-order valence-corrected chi connectivity index (χ3v) is 2.47. The van der Waals surface area contributed by atoms with Crippen LogP contribution in [0.1, 0.15) is 12.8 Å². The summed E-state index contributed by atoms with van der Waals surface area (Å²) in [4.78, 5) is 0. The molecule has 1 heterocycles. The first-order chi connectivity index (χ1) is 7.61. The minimum atomic E-state index is -3.97. The van der Waals surface area contributed by atoms with Crippen LogP contribution in [0.15, 0.2) is 36.4 Å². The number of rotatable bonds is 0. The molecule has 1 saturated heterocycles. The van der Waals surface area contributed by atoms with Crippen molar-refractivity contribution in [2.75, 3.05) is 13.1 Å². The van der Waals surface area contributed by atoms with Gasteiger partial charge in [-0.2, -0.15) is 13.2 Å². The van der Waals surface area contributed by atoms with E-state index in [2.05, 4.69) is 5.32 Å². The van der Waals surface area contributed by atoms with E-state index in [1.165, 1.54) is 0 Å². The summed E-state index contributed by atoms with van der Waals surface area (Å²) in [7, 11) is 0. The quantitative estimate of drug-likeness (QED) is 0.722. The molecule has 1 fully saturated rings. The Morgan fingerprint density at radius 1 is 0.812 bits per heavy atom. The maximum absolute atomic E-state index is 11.9.